The van der Waals surface area contributed by atoms with E-state index in [9.17, 15) is 8.42 Å². The SMILES string of the molecule is COc1ccc(CCN[C@@H]2CC[C@H](C)[C@@H](C)C2)cc1S(N)(=O)=O. The fraction of sp³-hybridized carbons (Fsp3) is 0.647. The van der Waals surface area contributed by atoms with Crippen LogP contribution in [0.2, 0.25) is 0 Å². The quantitative estimate of drug-likeness (QED) is 0.832. The Morgan fingerprint density at radius 3 is 2.61 bits per heavy atom. The van der Waals surface area contributed by atoms with Gasteiger partial charge in [0.25, 0.3) is 0 Å². The zero-order valence-electron chi connectivity index (χ0n) is 14.2. The normalized spacial score (nSPS) is 25.3. The molecule has 1 fully saturated rings. The smallest absolute Gasteiger partial charge is 0.241 e. The summed E-state index contributed by atoms with van der Waals surface area (Å²) in [4.78, 5) is 0.0533. The maximum absolute atomic E-state index is 11.6. The first-order valence-corrected chi connectivity index (χ1v) is 9.79. The first-order chi connectivity index (χ1) is 10.8. The summed E-state index contributed by atoms with van der Waals surface area (Å²) in [6.45, 7) is 5.48. The van der Waals surface area contributed by atoms with Crippen molar-refractivity contribution in [3.8, 4) is 5.75 Å². The lowest BCUT2D eigenvalue weighted by molar-refractivity contribution is 0.227. The van der Waals surface area contributed by atoms with Gasteiger partial charge in [-0.1, -0.05) is 19.9 Å². The van der Waals surface area contributed by atoms with E-state index in [-0.39, 0.29) is 4.90 Å². The van der Waals surface area contributed by atoms with Gasteiger partial charge in [0.2, 0.25) is 10.0 Å². The number of primary sulfonamides is 1. The Kier molecular flexibility index (Phi) is 6.06. The van der Waals surface area contributed by atoms with Crippen molar-refractivity contribution in [2.75, 3.05) is 13.7 Å². The van der Waals surface area contributed by atoms with E-state index >= 15 is 0 Å². The van der Waals surface area contributed by atoms with Crippen molar-refractivity contribution in [3.05, 3.63) is 23.8 Å². The van der Waals surface area contributed by atoms with Crippen LogP contribution in [0.15, 0.2) is 23.1 Å². The summed E-state index contributed by atoms with van der Waals surface area (Å²) in [5.74, 6) is 1.86. The number of benzene rings is 1. The first kappa shape index (κ1) is 18.2. The molecule has 1 aliphatic carbocycles. The van der Waals surface area contributed by atoms with Gasteiger partial charge in [0.05, 0.1) is 7.11 Å². The third-order valence-electron chi connectivity index (χ3n) is 4.98. The number of rotatable bonds is 6. The lowest BCUT2D eigenvalue weighted by Gasteiger charge is -2.32. The third kappa shape index (κ3) is 4.93. The Balaban J connectivity index is 1.94. The second-order valence-corrected chi connectivity index (χ2v) is 8.23. The molecule has 1 aromatic rings. The van der Waals surface area contributed by atoms with E-state index in [1.165, 1.54) is 26.4 Å². The lowest BCUT2D eigenvalue weighted by atomic mass is 9.79. The van der Waals surface area contributed by atoms with Crippen LogP contribution in [0.5, 0.6) is 5.75 Å². The predicted molar refractivity (Wildman–Crippen MR) is 92.0 cm³/mol. The minimum Gasteiger partial charge on any atom is -0.495 e. The number of ether oxygens (including phenoxy) is 1. The molecule has 0 heterocycles. The maximum atomic E-state index is 11.6. The van der Waals surface area contributed by atoms with Crippen molar-refractivity contribution in [3.63, 3.8) is 0 Å². The maximum Gasteiger partial charge on any atom is 0.241 e. The highest BCUT2D eigenvalue weighted by Crippen LogP contribution is 2.29. The van der Waals surface area contributed by atoms with E-state index in [1.54, 1.807) is 12.1 Å². The molecule has 0 aromatic heterocycles. The molecule has 1 saturated carbocycles. The zero-order valence-corrected chi connectivity index (χ0v) is 15.0. The van der Waals surface area contributed by atoms with E-state index < -0.39 is 10.0 Å². The summed E-state index contributed by atoms with van der Waals surface area (Å²) >= 11 is 0. The van der Waals surface area contributed by atoms with Crippen LogP contribution < -0.4 is 15.2 Å². The Bertz CT molecular complexity index is 631. The van der Waals surface area contributed by atoms with Gasteiger partial charge in [-0.15, -0.1) is 0 Å². The molecule has 1 aliphatic rings. The molecule has 3 atom stereocenters. The van der Waals surface area contributed by atoms with Crippen molar-refractivity contribution >= 4 is 10.0 Å². The van der Waals surface area contributed by atoms with Crippen LogP contribution in [0.3, 0.4) is 0 Å². The van der Waals surface area contributed by atoms with Gasteiger partial charge in [-0.2, -0.15) is 0 Å². The number of hydrogen-bond donors (Lipinski definition) is 2. The Hall–Kier alpha value is -1.11. The van der Waals surface area contributed by atoms with E-state index in [0.29, 0.717) is 11.8 Å². The topological polar surface area (TPSA) is 81.4 Å². The molecule has 0 unspecified atom stereocenters. The van der Waals surface area contributed by atoms with E-state index in [4.69, 9.17) is 9.88 Å². The van der Waals surface area contributed by atoms with E-state index in [2.05, 4.69) is 19.2 Å². The summed E-state index contributed by atoms with van der Waals surface area (Å²) in [5, 5.41) is 8.85. The summed E-state index contributed by atoms with van der Waals surface area (Å²) in [6.07, 6.45) is 4.48. The van der Waals surface area contributed by atoms with Gasteiger partial charge in [-0.05, 0) is 61.8 Å². The highest BCUT2D eigenvalue weighted by atomic mass is 32.2. The summed E-state index contributed by atoms with van der Waals surface area (Å²) in [7, 11) is -2.33. The van der Waals surface area contributed by atoms with Crippen LogP contribution in [0.1, 0.15) is 38.7 Å². The molecular weight excluding hydrogens is 312 g/mol. The molecule has 1 aromatic carbocycles. The van der Waals surface area contributed by atoms with Crippen LogP contribution in [0, 0.1) is 11.8 Å². The fourth-order valence-corrected chi connectivity index (χ4v) is 4.00. The number of hydrogen-bond acceptors (Lipinski definition) is 4. The minimum absolute atomic E-state index is 0.0533. The van der Waals surface area contributed by atoms with Crippen molar-refractivity contribution < 1.29 is 13.2 Å². The minimum atomic E-state index is -3.77. The van der Waals surface area contributed by atoms with Crippen molar-refractivity contribution in [2.45, 2.75) is 50.5 Å². The first-order valence-electron chi connectivity index (χ1n) is 8.24. The average molecular weight is 340 g/mol. The molecule has 0 bridgehead atoms. The van der Waals surface area contributed by atoms with Crippen LogP contribution in [0.25, 0.3) is 0 Å². The number of sulfonamides is 1. The Morgan fingerprint density at radius 2 is 2.00 bits per heavy atom. The van der Waals surface area contributed by atoms with Crippen LogP contribution in [-0.4, -0.2) is 28.1 Å². The molecule has 2 rings (SSSR count). The standard InChI is InChI=1S/C17H28N2O3S/c1-12-4-6-15(10-13(12)2)19-9-8-14-5-7-16(22-3)17(11-14)23(18,20)21/h5,7,11-13,15,19H,4,6,8-10H2,1-3H3,(H2,18,20,21)/t12-,13-,15+/m0/s1. The van der Waals surface area contributed by atoms with Crippen molar-refractivity contribution in [1.29, 1.82) is 0 Å². The van der Waals surface area contributed by atoms with Crippen molar-refractivity contribution in [1.82, 2.24) is 5.32 Å². The van der Waals surface area contributed by atoms with Gasteiger partial charge in [0, 0.05) is 6.04 Å². The van der Waals surface area contributed by atoms with Gasteiger partial charge in [0.1, 0.15) is 10.6 Å². The zero-order chi connectivity index (χ0) is 17.0. The second kappa shape index (κ2) is 7.64. The van der Waals surface area contributed by atoms with Gasteiger partial charge < -0.3 is 10.1 Å². The monoisotopic (exact) mass is 340 g/mol. The fourth-order valence-electron chi connectivity index (χ4n) is 3.25. The number of nitrogens with two attached hydrogens (primary N) is 1. The van der Waals surface area contributed by atoms with E-state index in [0.717, 1.165) is 30.4 Å². The van der Waals surface area contributed by atoms with E-state index in [1.807, 2.05) is 6.07 Å². The summed E-state index contributed by atoms with van der Waals surface area (Å²) < 4.78 is 28.3. The van der Waals surface area contributed by atoms with Crippen LogP contribution in [0.4, 0.5) is 0 Å². The lowest BCUT2D eigenvalue weighted by Crippen LogP contribution is -2.37. The molecule has 5 nitrogen and oxygen atoms in total. The second-order valence-electron chi connectivity index (χ2n) is 6.70. The molecule has 0 aliphatic heterocycles. The molecule has 6 heteroatoms. The molecular formula is C17H28N2O3S. The molecule has 0 saturated heterocycles. The average Bonchev–Trinajstić information content (AvgIpc) is 2.50. The Labute approximate surface area is 139 Å². The molecule has 3 N–H and O–H groups in total. The largest absolute Gasteiger partial charge is 0.495 e. The number of methoxy groups -OCH3 is 1. The van der Waals surface area contributed by atoms with Gasteiger partial charge in [-0.3, -0.25) is 0 Å². The van der Waals surface area contributed by atoms with Gasteiger partial charge >= 0.3 is 0 Å². The molecule has 0 radical (unpaired) electrons. The van der Waals surface area contributed by atoms with Gasteiger partial charge in [0.15, 0.2) is 0 Å². The molecule has 23 heavy (non-hydrogen) atoms. The van der Waals surface area contributed by atoms with Crippen molar-refractivity contribution in [2.24, 2.45) is 17.0 Å². The summed E-state index contributed by atoms with van der Waals surface area (Å²) in [6, 6.07) is 5.74. The van der Waals surface area contributed by atoms with Crippen LogP contribution in [-0.2, 0) is 16.4 Å². The van der Waals surface area contributed by atoms with Gasteiger partial charge in [-0.25, -0.2) is 13.6 Å². The highest BCUT2D eigenvalue weighted by molar-refractivity contribution is 7.89. The third-order valence-corrected chi connectivity index (χ3v) is 5.91. The highest BCUT2D eigenvalue weighted by Gasteiger charge is 2.24. The molecule has 0 spiro atoms. The Morgan fingerprint density at radius 1 is 1.26 bits per heavy atom. The molecule has 0 amide bonds. The predicted octanol–water partition coefficient (Wildman–Crippen LogP) is 2.30. The summed E-state index contributed by atoms with van der Waals surface area (Å²) in [5.41, 5.74) is 0.944. The molecule has 130 valence electrons. The van der Waals surface area contributed by atoms with Crippen LogP contribution >= 0.6 is 0 Å². The number of nitrogens with one attached hydrogen (secondary N) is 1.